The lowest BCUT2D eigenvalue weighted by Crippen LogP contribution is -2.52. The van der Waals surface area contributed by atoms with E-state index in [9.17, 15) is 9.59 Å². The van der Waals surface area contributed by atoms with Gasteiger partial charge in [0.15, 0.2) is 0 Å². The first-order valence-corrected chi connectivity index (χ1v) is 10.3. The third-order valence-electron chi connectivity index (χ3n) is 5.56. The highest BCUT2D eigenvalue weighted by atomic mass is 16.5. The summed E-state index contributed by atoms with van der Waals surface area (Å²) in [6.07, 6.45) is 1.70. The number of carbonyl (C=O) groups excluding carboxylic acids is 2. The second-order valence-corrected chi connectivity index (χ2v) is 7.63. The van der Waals surface area contributed by atoms with Crippen LogP contribution in [-0.2, 0) is 9.59 Å². The zero-order chi connectivity index (χ0) is 19.8. The molecular formula is C21H32N4O3. The van der Waals surface area contributed by atoms with Crippen LogP contribution in [0.2, 0.25) is 0 Å². The lowest BCUT2D eigenvalue weighted by Gasteiger charge is -2.35. The Morgan fingerprint density at radius 2 is 1.64 bits per heavy atom. The lowest BCUT2D eigenvalue weighted by atomic mass is 10.1. The third-order valence-corrected chi connectivity index (χ3v) is 5.56. The van der Waals surface area contributed by atoms with Gasteiger partial charge >= 0.3 is 0 Å². The summed E-state index contributed by atoms with van der Waals surface area (Å²) in [6, 6.07) is 10.1. The summed E-state index contributed by atoms with van der Waals surface area (Å²) in [6.45, 7) is 8.86. The molecule has 3 rings (SSSR count). The van der Waals surface area contributed by atoms with Gasteiger partial charge in [-0.1, -0.05) is 18.2 Å². The molecule has 0 aromatic heterocycles. The molecule has 0 saturated carbocycles. The maximum absolute atomic E-state index is 12.3. The zero-order valence-electron chi connectivity index (χ0n) is 16.8. The molecule has 7 nitrogen and oxygen atoms in total. The Labute approximate surface area is 167 Å². The van der Waals surface area contributed by atoms with Gasteiger partial charge in [-0.25, -0.2) is 0 Å². The molecule has 0 radical (unpaired) electrons. The Kier molecular flexibility index (Phi) is 7.68. The van der Waals surface area contributed by atoms with Gasteiger partial charge in [-0.15, -0.1) is 0 Å². The van der Waals surface area contributed by atoms with Gasteiger partial charge in [-0.3, -0.25) is 19.4 Å². The second kappa shape index (κ2) is 10.4. The van der Waals surface area contributed by atoms with Gasteiger partial charge in [0.05, 0.1) is 6.54 Å². The summed E-state index contributed by atoms with van der Waals surface area (Å²) < 4.78 is 5.76. The van der Waals surface area contributed by atoms with Crippen molar-refractivity contribution in [2.45, 2.75) is 25.8 Å². The van der Waals surface area contributed by atoms with Crippen LogP contribution in [0.5, 0.6) is 5.75 Å². The predicted octanol–water partition coefficient (Wildman–Crippen LogP) is 0.810. The minimum atomic E-state index is 0.0992. The number of para-hydroxylation sites is 1. The summed E-state index contributed by atoms with van der Waals surface area (Å²) in [7, 11) is 0. The number of hydrogen-bond donors (Lipinski definition) is 1. The van der Waals surface area contributed by atoms with Gasteiger partial charge in [-0.05, 0) is 25.0 Å². The first kappa shape index (κ1) is 20.6. The van der Waals surface area contributed by atoms with Crippen LogP contribution in [0.25, 0.3) is 0 Å². The van der Waals surface area contributed by atoms with Crippen LogP contribution in [0.3, 0.4) is 0 Å². The topological polar surface area (TPSA) is 65.1 Å². The van der Waals surface area contributed by atoms with E-state index in [1.807, 2.05) is 35.2 Å². The van der Waals surface area contributed by atoms with Gasteiger partial charge in [-0.2, -0.15) is 0 Å². The molecule has 2 saturated heterocycles. The van der Waals surface area contributed by atoms with Crippen molar-refractivity contribution in [3.63, 3.8) is 0 Å². The Morgan fingerprint density at radius 1 is 1.00 bits per heavy atom. The molecule has 154 valence electrons. The van der Waals surface area contributed by atoms with Gasteiger partial charge in [0.2, 0.25) is 11.8 Å². The molecule has 0 spiro atoms. The van der Waals surface area contributed by atoms with Crippen LogP contribution in [0.4, 0.5) is 0 Å². The van der Waals surface area contributed by atoms with Crippen LogP contribution in [0.1, 0.15) is 19.8 Å². The van der Waals surface area contributed by atoms with E-state index in [1.165, 1.54) is 0 Å². The molecule has 1 N–H and O–H groups in total. The zero-order valence-corrected chi connectivity index (χ0v) is 16.8. The molecule has 2 amide bonds. The molecule has 0 bridgehead atoms. The van der Waals surface area contributed by atoms with Crippen molar-refractivity contribution in [3.8, 4) is 5.75 Å². The molecule has 2 fully saturated rings. The summed E-state index contributed by atoms with van der Waals surface area (Å²) in [4.78, 5) is 30.2. The van der Waals surface area contributed by atoms with Gasteiger partial charge in [0.1, 0.15) is 12.4 Å². The number of ether oxygens (including phenoxy) is 1. The lowest BCUT2D eigenvalue weighted by molar-refractivity contribution is -0.130. The van der Waals surface area contributed by atoms with E-state index in [2.05, 4.69) is 15.1 Å². The average Bonchev–Trinajstić information content (AvgIpc) is 2.70. The number of rotatable bonds is 7. The first-order valence-electron chi connectivity index (χ1n) is 10.3. The fourth-order valence-corrected chi connectivity index (χ4v) is 3.80. The molecule has 0 atom stereocenters. The Bertz CT molecular complexity index is 624. The monoisotopic (exact) mass is 388 g/mol. The van der Waals surface area contributed by atoms with Crippen molar-refractivity contribution < 1.29 is 14.3 Å². The number of piperazine rings is 1. The van der Waals surface area contributed by atoms with Crippen molar-refractivity contribution >= 4 is 11.8 Å². The number of carbonyl (C=O) groups is 2. The van der Waals surface area contributed by atoms with E-state index in [-0.39, 0.29) is 17.9 Å². The van der Waals surface area contributed by atoms with Gasteiger partial charge < -0.3 is 15.0 Å². The summed E-state index contributed by atoms with van der Waals surface area (Å²) in [5.74, 6) is 1.13. The smallest absolute Gasteiger partial charge is 0.234 e. The Hall–Kier alpha value is -2.12. The van der Waals surface area contributed by atoms with E-state index in [1.54, 1.807) is 6.92 Å². The summed E-state index contributed by atoms with van der Waals surface area (Å²) in [5, 5.41) is 3.14. The van der Waals surface area contributed by atoms with Gasteiger partial charge in [0, 0.05) is 58.8 Å². The summed E-state index contributed by atoms with van der Waals surface area (Å²) >= 11 is 0. The van der Waals surface area contributed by atoms with Crippen molar-refractivity contribution in [1.82, 2.24) is 20.0 Å². The largest absolute Gasteiger partial charge is 0.492 e. The van der Waals surface area contributed by atoms with Crippen LogP contribution < -0.4 is 10.1 Å². The molecule has 1 aromatic carbocycles. The van der Waals surface area contributed by atoms with Crippen LogP contribution in [0, 0.1) is 0 Å². The minimum Gasteiger partial charge on any atom is -0.492 e. The molecule has 1 aromatic rings. The highest BCUT2D eigenvalue weighted by Crippen LogP contribution is 2.11. The van der Waals surface area contributed by atoms with Gasteiger partial charge in [0.25, 0.3) is 0 Å². The van der Waals surface area contributed by atoms with E-state index in [0.29, 0.717) is 13.2 Å². The van der Waals surface area contributed by atoms with Crippen LogP contribution in [-0.4, -0.2) is 91.5 Å². The van der Waals surface area contributed by atoms with Crippen LogP contribution >= 0.6 is 0 Å². The fourth-order valence-electron chi connectivity index (χ4n) is 3.80. The van der Waals surface area contributed by atoms with Crippen molar-refractivity contribution in [2.24, 2.45) is 0 Å². The number of piperidine rings is 1. The average molecular weight is 389 g/mol. The second-order valence-electron chi connectivity index (χ2n) is 7.63. The van der Waals surface area contributed by atoms with E-state index in [0.717, 1.165) is 64.4 Å². The van der Waals surface area contributed by atoms with E-state index in [4.69, 9.17) is 4.74 Å². The molecule has 0 unspecified atom stereocenters. The number of nitrogens with zero attached hydrogens (tertiary/aromatic N) is 3. The highest BCUT2D eigenvalue weighted by Gasteiger charge is 2.24. The van der Waals surface area contributed by atoms with E-state index >= 15 is 0 Å². The molecule has 7 heteroatoms. The molecule has 2 heterocycles. The van der Waals surface area contributed by atoms with Crippen molar-refractivity contribution in [2.75, 3.05) is 59.0 Å². The third kappa shape index (κ3) is 6.49. The number of amides is 2. The standard InChI is InChI=1S/C21H32N4O3/c1-18(26)25-9-7-19(8-10-25)22-21(27)17-24-13-11-23(12-14-24)15-16-28-20-5-3-2-4-6-20/h2-6,19H,7-17H2,1H3,(H,22,27). The number of likely N-dealkylation sites (tertiary alicyclic amines) is 1. The number of hydrogen-bond acceptors (Lipinski definition) is 5. The predicted molar refractivity (Wildman–Crippen MR) is 108 cm³/mol. The molecule has 0 aliphatic carbocycles. The first-order chi connectivity index (χ1) is 13.6. The SMILES string of the molecule is CC(=O)N1CCC(NC(=O)CN2CCN(CCOc3ccccc3)CC2)CC1. The Morgan fingerprint density at radius 3 is 2.29 bits per heavy atom. The minimum absolute atomic E-state index is 0.0992. The summed E-state index contributed by atoms with van der Waals surface area (Å²) in [5.41, 5.74) is 0. The number of nitrogens with one attached hydrogen (secondary N) is 1. The molecular weight excluding hydrogens is 356 g/mol. The Balaban J connectivity index is 1.28. The van der Waals surface area contributed by atoms with Crippen molar-refractivity contribution in [1.29, 1.82) is 0 Å². The normalized spacial score (nSPS) is 19.4. The quantitative estimate of drug-likeness (QED) is 0.749. The maximum Gasteiger partial charge on any atom is 0.234 e. The highest BCUT2D eigenvalue weighted by molar-refractivity contribution is 5.78. The van der Waals surface area contributed by atoms with E-state index < -0.39 is 0 Å². The van der Waals surface area contributed by atoms with Crippen molar-refractivity contribution in [3.05, 3.63) is 30.3 Å². The molecule has 2 aliphatic rings. The fraction of sp³-hybridized carbons (Fsp3) is 0.619. The molecule has 28 heavy (non-hydrogen) atoms. The molecule has 2 aliphatic heterocycles. The number of benzene rings is 1. The maximum atomic E-state index is 12.3. The van der Waals surface area contributed by atoms with Crippen LogP contribution in [0.15, 0.2) is 30.3 Å².